The van der Waals surface area contributed by atoms with Gasteiger partial charge in [0.15, 0.2) is 5.13 Å². The molecule has 3 aromatic rings. The van der Waals surface area contributed by atoms with Crippen LogP contribution in [0, 0.1) is 12.8 Å². The molecule has 0 amide bonds. The van der Waals surface area contributed by atoms with Crippen LogP contribution in [0.15, 0.2) is 6.20 Å². The molecule has 120 valence electrons. The molecular formula is C14H16N6OS2. The van der Waals surface area contributed by atoms with Crippen molar-refractivity contribution in [3.8, 4) is 11.3 Å². The molecule has 23 heavy (non-hydrogen) atoms. The van der Waals surface area contributed by atoms with Crippen molar-refractivity contribution in [2.45, 2.75) is 33.5 Å². The fourth-order valence-corrected chi connectivity index (χ4v) is 3.96. The van der Waals surface area contributed by atoms with Crippen molar-refractivity contribution >= 4 is 33.9 Å². The minimum Gasteiger partial charge on any atom is -0.366 e. The molecule has 1 aliphatic heterocycles. The van der Waals surface area contributed by atoms with Crippen molar-refractivity contribution in [3.05, 3.63) is 21.8 Å². The van der Waals surface area contributed by atoms with Crippen LogP contribution in [0.4, 0.5) is 11.1 Å². The van der Waals surface area contributed by atoms with E-state index in [9.17, 15) is 0 Å². The first-order valence-electron chi connectivity index (χ1n) is 7.34. The van der Waals surface area contributed by atoms with E-state index in [1.165, 1.54) is 11.5 Å². The van der Waals surface area contributed by atoms with Gasteiger partial charge in [0.1, 0.15) is 11.1 Å². The number of nitrogens with zero attached hydrogens (tertiary/aromatic N) is 4. The molecule has 1 atom stereocenters. The summed E-state index contributed by atoms with van der Waals surface area (Å²) in [5, 5.41) is 12.1. The lowest BCUT2D eigenvalue weighted by molar-refractivity contribution is 0.00968. The average molecular weight is 348 g/mol. The molecule has 9 heteroatoms. The maximum Gasteiger partial charge on any atom is 0.241 e. The largest absolute Gasteiger partial charge is 0.366 e. The van der Waals surface area contributed by atoms with Crippen LogP contribution in [0.2, 0.25) is 0 Å². The second-order valence-electron chi connectivity index (χ2n) is 5.73. The number of thiazole rings is 1. The molecule has 0 spiro atoms. The Morgan fingerprint density at radius 2 is 2.26 bits per heavy atom. The SMILES string of the molecule is Cc1nc(Nc2nc3c(s2)COC(C(C)C)c2[nH]ncc2-3)ns1. The van der Waals surface area contributed by atoms with Gasteiger partial charge in [0, 0.05) is 5.56 Å². The van der Waals surface area contributed by atoms with E-state index in [0.29, 0.717) is 18.5 Å². The number of nitrogens with one attached hydrogen (secondary N) is 2. The van der Waals surface area contributed by atoms with Gasteiger partial charge in [-0.05, 0) is 24.4 Å². The summed E-state index contributed by atoms with van der Waals surface area (Å²) in [5.74, 6) is 0.952. The number of aryl methyl sites for hydroxylation is 1. The number of hydrogen-bond acceptors (Lipinski definition) is 8. The number of aromatic nitrogens is 5. The van der Waals surface area contributed by atoms with E-state index in [-0.39, 0.29) is 6.10 Å². The molecule has 0 saturated heterocycles. The van der Waals surface area contributed by atoms with Crippen molar-refractivity contribution in [1.29, 1.82) is 0 Å². The molecule has 0 radical (unpaired) electrons. The molecule has 0 fully saturated rings. The Balaban J connectivity index is 1.70. The monoisotopic (exact) mass is 348 g/mol. The predicted molar refractivity (Wildman–Crippen MR) is 90.0 cm³/mol. The molecule has 2 N–H and O–H groups in total. The highest BCUT2D eigenvalue weighted by atomic mass is 32.1. The fraction of sp³-hybridized carbons (Fsp3) is 0.429. The van der Waals surface area contributed by atoms with Crippen molar-refractivity contribution in [3.63, 3.8) is 0 Å². The third-order valence-electron chi connectivity index (χ3n) is 3.65. The van der Waals surface area contributed by atoms with Crippen LogP contribution < -0.4 is 5.32 Å². The van der Waals surface area contributed by atoms with Gasteiger partial charge in [0.2, 0.25) is 5.95 Å². The zero-order valence-electron chi connectivity index (χ0n) is 13.0. The Morgan fingerprint density at radius 1 is 1.39 bits per heavy atom. The first kappa shape index (κ1) is 14.7. The number of rotatable bonds is 3. The minimum absolute atomic E-state index is 0.00756. The Hall–Kier alpha value is -1.84. The lowest BCUT2D eigenvalue weighted by Gasteiger charge is -2.18. The summed E-state index contributed by atoms with van der Waals surface area (Å²) in [6, 6.07) is 0. The molecule has 4 rings (SSSR count). The van der Waals surface area contributed by atoms with Crippen LogP contribution in [0.25, 0.3) is 11.3 Å². The Bertz CT molecular complexity index is 836. The molecule has 0 saturated carbocycles. The van der Waals surface area contributed by atoms with E-state index in [1.54, 1.807) is 11.3 Å². The normalized spacial score (nSPS) is 17.0. The van der Waals surface area contributed by atoms with Gasteiger partial charge in [-0.15, -0.1) is 0 Å². The fourth-order valence-electron chi connectivity index (χ4n) is 2.64. The summed E-state index contributed by atoms with van der Waals surface area (Å²) in [4.78, 5) is 10.1. The third-order valence-corrected chi connectivity index (χ3v) is 5.22. The maximum absolute atomic E-state index is 6.09. The molecule has 0 aliphatic carbocycles. The van der Waals surface area contributed by atoms with E-state index >= 15 is 0 Å². The highest BCUT2D eigenvalue weighted by Gasteiger charge is 2.29. The molecular weight excluding hydrogens is 332 g/mol. The van der Waals surface area contributed by atoms with Crippen LogP contribution in [0.1, 0.15) is 35.5 Å². The van der Waals surface area contributed by atoms with Crippen molar-refractivity contribution < 1.29 is 4.74 Å². The van der Waals surface area contributed by atoms with Crippen LogP contribution in [-0.4, -0.2) is 24.5 Å². The zero-order chi connectivity index (χ0) is 16.0. The van der Waals surface area contributed by atoms with E-state index in [2.05, 4.69) is 38.7 Å². The smallest absolute Gasteiger partial charge is 0.241 e. The van der Waals surface area contributed by atoms with Crippen molar-refractivity contribution in [2.75, 3.05) is 5.32 Å². The predicted octanol–water partition coefficient (Wildman–Crippen LogP) is 3.66. The van der Waals surface area contributed by atoms with Crippen LogP contribution in [0.5, 0.6) is 0 Å². The highest BCUT2D eigenvalue weighted by Crippen LogP contribution is 2.41. The zero-order valence-corrected chi connectivity index (χ0v) is 14.6. The van der Waals surface area contributed by atoms with Gasteiger partial charge in [-0.1, -0.05) is 25.2 Å². The quantitative estimate of drug-likeness (QED) is 0.751. The standard InChI is InChI=1S/C14H16N6OS2/c1-6(2)12-11-8(4-15-19-11)10-9(5-21-12)22-14(17-10)18-13-16-7(3)23-20-13/h4,6,12H,5H2,1-3H3,(H,15,19)(H,17,18,20). The lowest BCUT2D eigenvalue weighted by atomic mass is 10.0. The average Bonchev–Trinajstić information content (AvgIpc) is 3.19. The first-order valence-corrected chi connectivity index (χ1v) is 8.93. The number of aromatic amines is 1. The summed E-state index contributed by atoms with van der Waals surface area (Å²) in [6.45, 7) is 6.76. The number of ether oxygens (including phenoxy) is 1. The summed E-state index contributed by atoms with van der Waals surface area (Å²) in [5.41, 5.74) is 2.94. The summed E-state index contributed by atoms with van der Waals surface area (Å²) < 4.78 is 10.3. The summed E-state index contributed by atoms with van der Waals surface area (Å²) >= 11 is 2.94. The first-order chi connectivity index (χ1) is 11.1. The van der Waals surface area contributed by atoms with E-state index in [4.69, 9.17) is 9.72 Å². The van der Waals surface area contributed by atoms with Gasteiger partial charge >= 0.3 is 0 Å². The van der Waals surface area contributed by atoms with E-state index in [1.807, 2.05) is 13.1 Å². The van der Waals surface area contributed by atoms with Crippen LogP contribution >= 0.6 is 22.9 Å². The topological polar surface area (TPSA) is 88.6 Å². The second-order valence-corrected chi connectivity index (χ2v) is 7.77. The molecule has 3 aromatic heterocycles. The van der Waals surface area contributed by atoms with Gasteiger partial charge in [0.25, 0.3) is 0 Å². The Labute approximate surface area is 141 Å². The molecule has 0 bridgehead atoms. The van der Waals surface area contributed by atoms with Crippen molar-refractivity contribution in [1.82, 2.24) is 24.5 Å². The van der Waals surface area contributed by atoms with Gasteiger partial charge in [-0.3, -0.25) is 10.4 Å². The minimum atomic E-state index is 0.00756. The molecule has 4 heterocycles. The number of fused-ring (bicyclic) bond motifs is 3. The Morgan fingerprint density at radius 3 is 3.00 bits per heavy atom. The van der Waals surface area contributed by atoms with E-state index < -0.39 is 0 Å². The van der Waals surface area contributed by atoms with Crippen molar-refractivity contribution in [2.24, 2.45) is 5.92 Å². The second kappa shape index (κ2) is 5.66. The van der Waals surface area contributed by atoms with Gasteiger partial charge in [0.05, 0.1) is 29.1 Å². The Kier molecular flexibility index (Phi) is 3.63. The van der Waals surface area contributed by atoms with Gasteiger partial charge in [-0.2, -0.15) is 9.47 Å². The molecule has 7 nitrogen and oxygen atoms in total. The van der Waals surface area contributed by atoms with Crippen LogP contribution in [0.3, 0.4) is 0 Å². The molecule has 0 aromatic carbocycles. The summed E-state index contributed by atoms with van der Waals surface area (Å²) in [7, 11) is 0. The number of anilines is 2. The van der Waals surface area contributed by atoms with Crippen LogP contribution in [-0.2, 0) is 11.3 Å². The maximum atomic E-state index is 6.09. The van der Waals surface area contributed by atoms with Gasteiger partial charge < -0.3 is 4.74 Å². The third kappa shape index (κ3) is 2.64. The lowest BCUT2D eigenvalue weighted by Crippen LogP contribution is -2.10. The molecule has 1 unspecified atom stereocenters. The van der Waals surface area contributed by atoms with Gasteiger partial charge in [-0.25, -0.2) is 9.97 Å². The highest BCUT2D eigenvalue weighted by molar-refractivity contribution is 7.16. The van der Waals surface area contributed by atoms with E-state index in [0.717, 1.165) is 32.0 Å². The molecule has 1 aliphatic rings. The summed E-state index contributed by atoms with van der Waals surface area (Å²) in [6.07, 6.45) is 1.83. The number of hydrogen-bond donors (Lipinski definition) is 2. The number of H-pyrrole nitrogens is 1.